The Balaban J connectivity index is 1.56. The van der Waals surface area contributed by atoms with Crippen LogP contribution in [0.2, 0.25) is 0 Å². The Bertz CT molecular complexity index is 670. The molecule has 2 aromatic rings. The molecule has 1 fully saturated rings. The topological polar surface area (TPSA) is 63.7 Å². The molecule has 1 atom stereocenters. The van der Waals surface area contributed by atoms with Gasteiger partial charge in [0.05, 0.1) is 31.0 Å². The molecule has 0 spiro atoms. The van der Waals surface area contributed by atoms with E-state index in [1.165, 1.54) is 16.9 Å². The van der Waals surface area contributed by atoms with Crippen LogP contribution < -0.4 is 10.1 Å². The highest BCUT2D eigenvalue weighted by atomic mass is 32.1. The second kappa shape index (κ2) is 9.54. The molecule has 1 N–H and O–H groups in total. The molecule has 6 nitrogen and oxygen atoms in total. The van der Waals surface area contributed by atoms with Crippen molar-refractivity contribution >= 4 is 17.4 Å². The number of rotatable bonds is 8. The van der Waals surface area contributed by atoms with Crippen molar-refractivity contribution < 1.29 is 14.3 Å². The van der Waals surface area contributed by atoms with E-state index in [9.17, 15) is 4.79 Å². The van der Waals surface area contributed by atoms with Crippen molar-refractivity contribution in [3.63, 3.8) is 0 Å². The molecule has 2 heterocycles. The van der Waals surface area contributed by atoms with Gasteiger partial charge in [0.2, 0.25) is 0 Å². The number of benzene rings is 1. The van der Waals surface area contributed by atoms with E-state index in [1.54, 1.807) is 12.6 Å². The van der Waals surface area contributed by atoms with Gasteiger partial charge in [0, 0.05) is 25.1 Å². The van der Waals surface area contributed by atoms with Crippen LogP contribution in [0.5, 0.6) is 5.75 Å². The molecule has 3 rings (SSSR count). The van der Waals surface area contributed by atoms with Crippen molar-refractivity contribution in [2.75, 3.05) is 26.8 Å². The normalized spacial score (nSPS) is 16.4. The maximum absolute atomic E-state index is 12.7. The van der Waals surface area contributed by atoms with Gasteiger partial charge in [0.15, 0.2) is 0 Å². The van der Waals surface area contributed by atoms with Gasteiger partial charge >= 0.3 is 6.03 Å². The van der Waals surface area contributed by atoms with Crippen LogP contribution in [0.4, 0.5) is 4.79 Å². The second-order valence-corrected chi connectivity index (χ2v) is 7.04. The molecule has 2 amide bonds. The molecule has 1 aromatic carbocycles. The number of nitrogens with zero attached hydrogens (tertiary/aromatic N) is 2. The fourth-order valence-electron chi connectivity index (χ4n) is 2.97. The zero-order valence-electron chi connectivity index (χ0n) is 15.0. The standard InChI is InChI=1S/C19H25N3O3S/c1-24-17-6-4-15(5-7-17)8-9-22(12-18-3-2-10-25-18)19(23)20-11-16-13-26-14-21-16/h4-7,13-14,18H,2-3,8-12H2,1H3,(H,20,23)/t18-/m1/s1. The summed E-state index contributed by atoms with van der Waals surface area (Å²) in [6.07, 6.45) is 3.01. The number of ether oxygens (including phenoxy) is 2. The van der Waals surface area contributed by atoms with Gasteiger partial charge in [-0.3, -0.25) is 0 Å². The summed E-state index contributed by atoms with van der Waals surface area (Å²) in [7, 11) is 1.66. The molecule has 0 aliphatic carbocycles. The lowest BCUT2D eigenvalue weighted by Crippen LogP contribution is -2.44. The van der Waals surface area contributed by atoms with E-state index >= 15 is 0 Å². The zero-order valence-corrected chi connectivity index (χ0v) is 15.8. The van der Waals surface area contributed by atoms with Crippen molar-refractivity contribution in [2.45, 2.75) is 31.9 Å². The highest BCUT2D eigenvalue weighted by Gasteiger charge is 2.22. The van der Waals surface area contributed by atoms with E-state index in [0.717, 1.165) is 37.3 Å². The minimum Gasteiger partial charge on any atom is -0.497 e. The monoisotopic (exact) mass is 375 g/mol. The third-order valence-corrected chi connectivity index (χ3v) is 5.10. The van der Waals surface area contributed by atoms with E-state index in [4.69, 9.17) is 9.47 Å². The molecule has 1 aliphatic heterocycles. The van der Waals surface area contributed by atoms with Crippen LogP contribution in [0.3, 0.4) is 0 Å². The maximum atomic E-state index is 12.7. The first-order valence-corrected chi connectivity index (χ1v) is 9.83. The Labute approximate surface area is 158 Å². The average Bonchev–Trinajstić information content (AvgIpc) is 3.37. The number of aromatic nitrogens is 1. The molecule has 0 bridgehead atoms. The number of carbonyl (C=O) groups excluding carboxylic acids is 1. The van der Waals surface area contributed by atoms with Crippen molar-refractivity contribution in [2.24, 2.45) is 0 Å². The average molecular weight is 375 g/mol. The van der Waals surface area contributed by atoms with E-state index in [0.29, 0.717) is 19.6 Å². The van der Waals surface area contributed by atoms with Crippen LogP contribution in [0, 0.1) is 0 Å². The van der Waals surface area contributed by atoms with Gasteiger partial charge in [-0.25, -0.2) is 9.78 Å². The quantitative estimate of drug-likeness (QED) is 0.770. The summed E-state index contributed by atoms with van der Waals surface area (Å²) in [5, 5.41) is 4.92. The van der Waals surface area contributed by atoms with Gasteiger partial charge in [-0.05, 0) is 37.0 Å². The van der Waals surface area contributed by atoms with Gasteiger partial charge in [0.1, 0.15) is 5.75 Å². The van der Waals surface area contributed by atoms with Crippen LogP contribution >= 0.6 is 11.3 Å². The van der Waals surface area contributed by atoms with Gasteiger partial charge in [-0.15, -0.1) is 11.3 Å². The summed E-state index contributed by atoms with van der Waals surface area (Å²) >= 11 is 1.53. The van der Waals surface area contributed by atoms with Gasteiger partial charge < -0.3 is 19.7 Å². The maximum Gasteiger partial charge on any atom is 0.317 e. The summed E-state index contributed by atoms with van der Waals surface area (Å²) in [4.78, 5) is 18.7. The number of nitrogens with one attached hydrogen (secondary N) is 1. The fourth-order valence-corrected chi connectivity index (χ4v) is 3.53. The number of hydrogen-bond acceptors (Lipinski definition) is 5. The predicted molar refractivity (Wildman–Crippen MR) is 102 cm³/mol. The van der Waals surface area contributed by atoms with E-state index in [1.807, 2.05) is 34.5 Å². The highest BCUT2D eigenvalue weighted by molar-refractivity contribution is 7.07. The van der Waals surface area contributed by atoms with Gasteiger partial charge in [-0.2, -0.15) is 0 Å². The summed E-state index contributed by atoms with van der Waals surface area (Å²) < 4.78 is 10.9. The third-order valence-electron chi connectivity index (χ3n) is 4.47. The third kappa shape index (κ3) is 5.44. The minimum atomic E-state index is -0.0676. The zero-order chi connectivity index (χ0) is 18.2. The molecule has 140 valence electrons. The Morgan fingerprint density at radius 3 is 2.92 bits per heavy atom. The Kier molecular flexibility index (Phi) is 6.85. The molecule has 0 saturated carbocycles. The lowest BCUT2D eigenvalue weighted by molar-refractivity contribution is 0.0815. The van der Waals surface area contributed by atoms with Crippen LogP contribution in [-0.2, 0) is 17.7 Å². The highest BCUT2D eigenvalue weighted by Crippen LogP contribution is 2.15. The minimum absolute atomic E-state index is 0.0676. The first-order chi connectivity index (χ1) is 12.7. The number of amides is 2. The first kappa shape index (κ1) is 18.7. The van der Waals surface area contributed by atoms with E-state index in [-0.39, 0.29) is 12.1 Å². The number of methoxy groups -OCH3 is 1. The largest absolute Gasteiger partial charge is 0.497 e. The van der Waals surface area contributed by atoms with Crippen LogP contribution in [0.15, 0.2) is 35.2 Å². The molecule has 0 unspecified atom stereocenters. The number of urea groups is 1. The smallest absolute Gasteiger partial charge is 0.317 e. The molecule has 1 aliphatic rings. The SMILES string of the molecule is COc1ccc(CCN(C[C@H]2CCCO2)C(=O)NCc2cscn2)cc1. The summed E-state index contributed by atoms with van der Waals surface area (Å²) in [5.41, 5.74) is 3.83. The van der Waals surface area contributed by atoms with Crippen molar-refractivity contribution in [3.05, 3.63) is 46.4 Å². The first-order valence-electron chi connectivity index (χ1n) is 8.89. The molecule has 1 aromatic heterocycles. The molecule has 26 heavy (non-hydrogen) atoms. The van der Waals surface area contributed by atoms with Crippen LogP contribution in [0.25, 0.3) is 0 Å². The molecule has 0 radical (unpaired) electrons. The lowest BCUT2D eigenvalue weighted by Gasteiger charge is -2.25. The van der Waals surface area contributed by atoms with Crippen LogP contribution in [-0.4, -0.2) is 48.8 Å². The van der Waals surface area contributed by atoms with E-state index < -0.39 is 0 Å². The van der Waals surface area contributed by atoms with Crippen molar-refractivity contribution in [1.82, 2.24) is 15.2 Å². The summed E-state index contributed by atoms with van der Waals surface area (Å²) in [5.74, 6) is 0.839. The van der Waals surface area contributed by atoms with E-state index in [2.05, 4.69) is 10.3 Å². The Hall–Kier alpha value is -2.12. The number of carbonyl (C=O) groups is 1. The summed E-state index contributed by atoms with van der Waals surface area (Å²) in [6.45, 7) is 2.51. The van der Waals surface area contributed by atoms with Gasteiger partial charge in [-0.1, -0.05) is 12.1 Å². The van der Waals surface area contributed by atoms with Gasteiger partial charge in [0.25, 0.3) is 0 Å². The number of thiazole rings is 1. The second-order valence-electron chi connectivity index (χ2n) is 6.32. The van der Waals surface area contributed by atoms with Crippen molar-refractivity contribution in [3.8, 4) is 5.75 Å². The predicted octanol–water partition coefficient (Wildman–Crippen LogP) is 3.09. The van der Waals surface area contributed by atoms with Crippen LogP contribution in [0.1, 0.15) is 24.1 Å². The number of hydrogen-bond donors (Lipinski definition) is 1. The lowest BCUT2D eigenvalue weighted by atomic mass is 10.1. The molecule has 1 saturated heterocycles. The Morgan fingerprint density at radius 2 is 2.27 bits per heavy atom. The Morgan fingerprint density at radius 1 is 1.42 bits per heavy atom. The van der Waals surface area contributed by atoms with Crippen molar-refractivity contribution in [1.29, 1.82) is 0 Å². The fraction of sp³-hybridized carbons (Fsp3) is 0.474. The molecular formula is C19H25N3O3S. The molecule has 7 heteroatoms. The summed E-state index contributed by atoms with van der Waals surface area (Å²) in [6, 6.07) is 7.90. The molecular weight excluding hydrogens is 350 g/mol.